The largest absolute Gasteiger partial charge is 0.497 e. The van der Waals surface area contributed by atoms with Crippen LogP contribution >= 0.6 is 11.6 Å². The summed E-state index contributed by atoms with van der Waals surface area (Å²) in [4.78, 5) is 39.7. The van der Waals surface area contributed by atoms with E-state index in [-0.39, 0.29) is 22.3 Å². The quantitative estimate of drug-likeness (QED) is 0.334. The van der Waals surface area contributed by atoms with Crippen molar-refractivity contribution in [3.8, 4) is 23.0 Å². The van der Waals surface area contributed by atoms with Crippen LogP contribution in [0.5, 0.6) is 23.0 Å². The molecule has 3 amide bonds. The monoisotopic (exact) mass is 565 g/mol. The molecule has 0 aromatic heterocycles. The molecule has 0 saturated carbocycles. The van der Waals surface area contributed by atoms with Gasteiger partial charge in [0.1, 0.15) is 22.2 Å². The van der Waals surface area contributed by atoms with Gasteiger partial charge in [-0.3, -0.25) is 14.4 Å². The highest BCUT2D eigenvalue weighted by Gasteiger charge is 2.40. The lowest BCUT2D eigenvalue weighted by atomic mass is 10.1. The number of hydrogen-bond acceptors (Lipinski definition) is 8. The van der Waals surface area contributed by atoms with Gasteiger partial charge >= 0.3 is 0 Å². The molecule has 0 unspecified atom stereocenters. The van der Waals surface area contributed by atoms with Gasteiger partial charge in [-0.25, -0.2) is 4.90 Å². The van der Waals surface area contributed by atoms with Crippen LogP contribution in [0.1, 0.15) is 15.9 Å². The molecule has 3 aromatic carbocycles. The predicted octanol–water partition coefficient (Wildman–Crippen LogP) is 4.13. The summed E-state index contributed by atoms with van der Waals surface area (Å²) in [6.07, 6.45) is 0.600. The molecule has 0 atom stereocenters. The number of nitrogens with zero attached hydrogens (tertiary/aromatic N) is 1. The number of rotatable bonds is 11. The Morgan fingerprint density at radius 1 is 0.800 bits per heavy atom. The van der Waals surface area contributed by atoms with Crippen molar-refractivity contribution in [3.05, 3.63) is 82.5 Å². The highest BCUT2D eigenvalue weighted by molar-refractivity contribution is 6.53. The maximum atomic E-state index is 13.2. The van der Waals surface area contributed by atoms with Crippen LogP contribution in [0.25, 0.3) is 0 Å². The molecule has 0 aliphatic carbocycles. The molecular weight excluding hydrogens is 538 g/mol. The van der Waals surface area contributed by atoms with E-state index in [1.54, 1.807) is 50.6 Å². The molecule has 0 spiro atoms. The van der Waals surface area contributed by atoms with Crippen LogP contribution in [0.3, 0.4) is 0 Å². The number of halogens is 1. The molecule has 208 valence electrons. The number of ether oxygens (including phenoxy) is 4. The van der Waals surface area contributed by atoms with Crippen molar-refractivity contribution >= 4 is 40.7 Å². The average Bonchev–Trinajstić information content (AvgIpc) is 3.19. The van der Waals surface area contributed by atoms with Crippen molar-refractivity contribution in [2.45, 2.75) is 6.42 Å². The third kappa shape index (κ3) is 5.81. The molecule has 3 aromatic rings. The zero-order valence-electron chi connectivity index (χ0n) is 22.4. The fourth-order valence-electron chi connectivity index (χ4n) is 4.11. The van der Waals surface area contributed by atoms with Gasteiger partial charge in [0, 0.05) is 23.9 Å². The first-order valence-electron chi connectivity index (χ1n) is 12.2. The van der Waals surface area contributed by atoms with Crippen LogP contribution in [-0.2, 0) is 16.0 Å². The predicted molar refractivity (Wildman–Crippen MR) is 151 cm³/mol. The molecule has 1 heterocycles. The summed E-state index contributed by atoms with van der Waals surface area (Å²) in [7, 11) is 6.04. The number of anilines is 2. The number of methoxy groups -OCH3 is 4. The van der Waals surface area contributed by atoms with Crippen molar-refractivity contribution in [3.63, 3.8) is 0 Å². The summed E-state index contributed by atoms with van der Waals surface area (Å²) in [6, 6.07) is 16.8. The molecule has 0 saturated heterocycles. The SMILES string of the molecule is COc1ccc(OC)c(N2C(=O)C(Cl)=C(Nc3ccc(C(=O)NCCc4ccc(OC)c(OC)c4)cc3)C2=O)c1. The lowest BCUT2D eigenvalue weighted by Gasteiger charge is -2.19. The number of hydrogen-bond donors (Lipinski definition) is 2. The van der Waals surface area contributed by atoms with Crippen LogP contribution in [0.4, 0.5) is 11.4 Å². The van der Waals surface area contributed by atoms with Gasteiger partial charge in [0.15, 0.2) is 11.5 Å². The molecule has 1 aliphatic rings. The van der Waals surface area contributed by atoms with Gasteiger partial charge in [0.2, 0.25) is 0 Å². The van der Waals surface area contributed by atoms with Crippen LogP contribution in [0.2, 0.25) is 0 Å². The Hall–Kier alpha value is -4.70. The van der Waals surface area contributed by atoms with Gasteiger partial charge in [0.25, 0.3) is 17.7 Å². The van der Waals surface area contributed by atoms with Gasteiger partial charge in [-0.05, 0) is 60.5 Å². The van der Waals surface area contributed by atoms with Crippen molar-refractivity contribution in [2.24, 2.45) is 0 Å². The summed E-state index contributed by atoms with van der Waals surface area (Å²) < 4.78 is 21.1. The fourth-order valence-corrected chi connectivity index (χ4v) is 4.32. The molecule has 40 heavy (non-hydrogen) atoms. The number of imide groups is 1. The standard InChI is InChI=1S/C29H28ClN3O7/c1-37-20-10-12-22(38-2)21(16-20)33-28(35)25(30)26(29(33)36)32-19-8-6-18(7-9-19)27(34)31-14-13-17-5-11-23(39-3)24(15-17)40-4/h5-12,15-16,32H,13-14H2,1-4H3,(H,31,34). The van der Waals surface area contributed by atoms with Gasteiger partial charge in [-0.1, -0.05) is 17.7 Å². The van der Waals surface area contributed by atoms with Crippen molar-refractivity contribution in [2.75, 3.05) is 45.2 Å². The Morgan fingerprint density at radius 2 is 1.48 bits per heavy atom. The van der Waals surface area contributed by atoms with Gasteiger partial charge < -0.3 is 29.6 Å². The van der Waals surface area contributed by atoms with E-state index >= 15 is 0 Å². The minimum atomic E-state index is -0.703. The number of amides is 3. The van der Waals surface area contributed by atoms with E-state index in [1.807, 2.05) is 18.2 Å². The zero-order valence-corrected chi connectivity index (χ0v) is 23.1. The van der Waals surface area contributed by atoms with Gasteiger partial charge in [-0.15, -0.1) is 0 Å². The van der Waals surface area contributed by atoms with E-state index in [4.69, 9.17) is 30.5 Å². The molecule has 0 radical (unpaired) electrons. The lowest BCUT2D eigenvalue weighted by molar-refractivity contribution is -0.120. The smallest absolute Gasteiger partial charge is 0.283 e. The van der Waals surface area contributed by atoms with E-state index in [2.05, 4.69) is 10.6 Å². The summed E-state index contributed by atoms with van der Waals surface area (Å²) in [6.45, 7) is 0.414. The molecule has 0 bridgehead atoms. The van der Waals surface area contributed by atoms with E-state index in [1.165, 1.54) is 20.3 Å². The van der Waals surface area contributed by atoms with E-state index in [9.17, 15) is 14.4 Å². The molecule has 0 fully saturated rings. The van der Waals surface area contributed by atoms with Crippen LogP contribution in [-0.4, -0.2) is 52.7 Å². The highest BCUT2D eigenvalue weighted by Crippen LogP contribution is 2.38. The third-order valence-corrected chi connectivity index (χ3v) is 6.57. The maximum Gasteiger partial charge on any atom is 0.283 e. The maximum absolute atomic E-state index is 13.2. The molecule has 11 heteroatoms. The Morgan fingerprint density at radius 3 is 2.12 bits per heavy atom. The minimum absolute atomic E-state index is 0.0938. The Labute approximate surface area is 236 Å². The Balaban J connectivity index is 1.40. The fraction of sp³-hybridized carbons (Fsp3) is 0.207. The van der Waals surface area contributed by atoms with Crippen molar-refractivity contribution < 1.29 is 33.3 Å². The second-order valence-electron chi connectivity index (χ2n) is 8.57. The number of carbonyl (C=O) groups excluding carboxylic acids is 3. The van der Waals surface area contributed by atoms with E-state index in [0.717, 1.165) is 10.5 Å². The van der Waals surface area contributed by atoms with Crippen molar-refractivity contribution in [1.82, 2.24) is 5.32 Å². The van der Waals surface area contributed by atoms with Gasteiger partial charge in [-0.2, -0.15) is 0 Å². The number of carbonyl (C=O) groups is 3. The third-order valence-electron chi connectivity index (χ3n) is 6.22. The number of benzene rings is 3. The summed E-state index contributed by atoms with van der Waals surface area (Å²) in [5.41, 5.74) is 1.99. The zero-order chi connectivity index (χ0) is 28.8. The minimum Gasteiger partial charge on any atom is -0.497 e. The summed E-state index contributed by atoms with van der Waals surface area (Å²) in [5.74, 6) is 0.383. The first-order chi connectivity index (χ1) is 19.3. The molecular formula is C29H28ClN3O7. The normalized spacial score (nSPS) is 12.9. The Bertz CT molecular complexity index is 1470. The second-order valence-corrected chi connectivity index (χ2v) is 8.95. The second kappa shape index (κ2) is 12.4. The molecule has 2 N–H and O–H groups in total. The molecule has 10 nitrogen and oxygen atoms in total. The topological polar surface area (TPSA) is 115 Å². The van der Waals surface area contributed by atoms with Gasteiger partial charge in [0.05, 0.1) is 34.1 Å². The van der Waals surface area contributed by atoms with Crippen LogP contribution in [0, 0.1) is 0 Å². The average molecular weight is 566 g/mol. The summed E-state index contributed by atoms with van der Waals surface area (Å²) in [5, 5.41) is 5.51. The van der Waals surface area contributed by atoms with Crippen LogP contribution in [0.15, 0.2) is 71.4 Å². The summed E-state index contributed by atoms with van der Waals surface area (Å²) >= 11 is 6.27. The first kappa shape index (κ1) is 28.3. The highest BCUT2D eigenvalue weighted by atomic mass is 35.5. The lowest BCUT2D eigenvalue weighted by Crippen LogP contribution is -2.32. The van der Waals surface area contributed by atoms with E-state index in [0.29, 0.717) is 47.2 Å². The first-order valence-corrected chi connectivity index (χ1v) is 12.6. The van der Waals surface area contributed by atoms with E-state index < -0.39 is 11.8 Å². The van der Waals surface area contributed by atoms with Crippen molar-refractivity contribution in [1.29, 1.82) is 0 Å². The Kier molecular flexibility index (Phi) is 8.80. The van der Waals surface area contributed by atoms with Crippen LogP contribution < -0.4 is 34.5 Å². The molecule has 4 rings (SSSR count). The molecule has 1 aliphatic heterocycles. The number of nitrogens with one attached hydrogen (secondary N) is 2.